The Morgan fingerprint density at radius 3 is 2.67 bits per heavy atom. The van der Waals surface area contributed by atoms with Gasteiger partial charge in [0, 0.05) is 12.8 Å². The Morgan fingerprint density at radius 2 is 2.06 bits per heavy atom. The number of ether oxygens (including phenoxy) is 1. The highest BCUT2D eigenvalue weighted by atomic mass is 16.5. The summed E-state index contributed by atoms with van der Waals surface area (Å²) < 4.78 is 5.57. The fraction of sp³-hybridized carbons (Fsp3) is 0.600. The first-order valence-corrected chi connectivity index (χ1v) is 6.69. The van der Waals surface area contributed by atoms with Gasteiger partial charge in [-0.3, -0.25) is 0 Å². The van der Waals surface area contributed by atoms with Crippen LogP contribution in [0.25, 0.3) is 0 Å². The number of hydrogen-bond donors (Lipinski definition) is 2. The first-order chi connectivity index (χ1) is 8.70. The van der Waals surface area contributed by atoms with E-state index >= 15 is 0 Å². The Hall–Kier alpha value is -1.06. The average molecular weight is 249 g/mol. The van der Waals surface area contributed by atoms with Gasteiger partial charge >= 0.3 is 0 Å². The van der Waals surface area contributed by atoms with Gasteiger partial charge in [-0.2, -0.15) is 0 Å². The summed E-state index contributed by atoms with van der Waals surface area (Å²) in [6.07, 6.45) is 4.36. The van der Waals surface area contributed by atoms with Crippen molar-refractivity contribution >= 4 is 5.69 Å². The molecule has 0 radical (unpaired) electrons. The highest BCUT2D eigenvalue weighted by molar-refractivity contribution is 5.47. The van der Waals surface area contributed by atoms with Crippen LogP contribution in [0.5, 0.6) is 0 Å². The molecule has 1 aliphatic carbocycles. The molecule has 1 fully saturated rings. The number of anilines is 1. The molecule has 0 spiro atoms. The largest absolute Gasteiger partial charge is 0.394 e. The number of aliphatic hydroxyl groups is 1. The Balaban J connectivity index is 2.18. The minimum absolute atomic E-state index is 0.0811. The van der Waals surface area contributed by atoms with Crippen molar-refractivity contribution in [3.8, 4) is 0 Å². The molecule has 1 aromatic carbocycles. The maximum atomic E-state index is 9.82. The zero-order valence-electron chi connectivity index (χ0n) is 11.3. The van der Waals surface area contributed by atoms with Gasteiger partial charge in [0.25, 0.3) is 0 Å². The van der Waals surface area contributed by atoms with Gasteiger partial charge in [-0.25, -0.2) is 0 Å². The van der Waals surface area contributed by atoms with Gasteiger partial charge in [0.15, 0.2) is 0 Å². The van der Waals surface area contributed by atoms with E-state index < -0.39 is 0 Å². The quantitative estimate of drug-likeness (QED) is 0.862. The Labute approximate surface area is 109 Å². The Bertz CT molecular complexity index is 377. The first kappa shape index (κ1) is 13.4. The predicted molar refractivity (Wildman–Crippen MR) is 73.9 cm³/mol. The van der Waals surface area contributed by atoms with Crippen LogP contribution in [0.1, 0.15) is 31.2 Å². The second kappa shape index (κ2) is 5.72. The number of aryl methyl sites for hydroxylation is 1. The summed E-state index contributed by atoms with van der Waals surface area (Å²) in [5.74, 6) is 0. The van der Waals surface area contributed by atoms with Gasteiger partial charge in [0.2, 0.25) is 0 Å². The smallest absolute Gasteiger partial charge is 0.0865 e. The molecule has 1 aliphatic rings. The molecular weight excluding hydrogens is 226 g/mol. The fourth-order valence-corrected chi connectivity index (χ4v) is 2.84. The summed E-state index contributed by atoms with van der Waals surface area (Å²) in [6.45, 7) is 2.18. The highest BCUT2D eigenvalue weighted by Gasteiger charge is 2.40. The van der Waals surface area contributed by atoms with Gasteiger partial charge in [-0.05, 0) is 31.9 Å². The van der Waals surface area contributed by atoms with Crippen molar-refractivity contribution in [2.24, 2.45) is 0 Å². The van der Waals surface area contributed by atoms with Crippen molar-refractivity contribution in [3.05, 3.63) is 29.8 Å². The lowest BCUT2D eigenvalue weighted by Crippen LogP contribution is -2.55. The standard InChI is InChI=1S/C15H23NO2/c1-12-6-8-13(9-7-12)16-15(11-17)10-4-3-5-14(15)18-2/h6-9,14,16-17H,3-5,10-11H2,1-2H3. The molecule has 0 heterocycles. The van der Waals surface area contributed by atoms with E-state index in [2.05, 4.69) is 36.5 Å². The monoisotopic (exact) mass is 249 g/mol. The summed E-state index contributed by atoms with van der Waals surface area (Å²) in [5.41, 5.74) is 1.96. The number of benzene rings is 1. The molecule has 0 bridgehead atoms. The van der Waals surface area contributed by atoms with Gasteiger partial charge in [0.05, 0.1) is 18.2 Å². The summed E-state index contributed by atoms with van der Waals surface area (Å²) in [4.78, 5) is 0. The van der Waals surface area contributed by atoms with Crippen LogP contribution in [0, 0.1) is 6.92 Å². The molecule has 1 saturated carbocycles. The molecule has 1 aromatic rings. The van der Waals surface area contributed by atoms with Gasteiger partial charge < -0.3 is 15.2 Å². The molecule has 100 valence electrons. The predicted octanol–water partition coefficient (Wildman–Crippen LogP) is 2.73. The van der Waals surface area contributed by atoms with Crippen molar-refractivity contribution in [1.29, 1.82) is 0 Å². The van der Waals surface area contributed by atoms with E-state index in [4.69, 9.17) is 4.74 Å². The highest BCUT2D eigenvalue weighted by Crippen LogP contribution is 2.33. The third-order valence-corrected chi connectivity index (χ3v) is 3.97. The van der Waals surface area contributed by atoms with Gasteiger partial charge in [0.1, 0.15) is 0 Å². The van der Waals surface area contributed by atoms with Crippen molar-refractivity contribution in [1.82, 2.24) is 0 Å². The Kier molecular flexibility index (Phi) is 4.25. The average Bonchev–Trinajstić information content (AvgIpc) is 2.42. The van der Waals surface area contributed by atoms with Gasteiger partial charge in [-0.15, -0.1) is 0 Å². The second-order valence-electron chi connectivity index (χ2n) is 5.28. The molecule has 0 aromatic heterocycles. The lowest BCUT2D eigenvalue weighted by atomic mass is 9.79. The van der Waals surface area contributed by atoms with Crippen LogP contribution in [0.4, 0.5) is 5.69 Å². The number of nitrogens with one attached hydrogen (secondary N) is 1. The van der Waals surface area contributed by atoms with Crippen molar-refractivity contribution in [3.63, 3.8) is 0 Å². The lowest BCUT2D eigenvalue weighted by molar-refractivity contribution is -0.00855. The SMILES string of the molecule is COC1CCCCC1(CO)Nc1ccc(C)cc1. The van der Waals surface area contributed by atoms with E-state index in [1.807, 2.05) is 0 Å². The van der Waals surface area contributed by atoms with E-state index in [1.54, 1.807) is 7.11 Å². The van der Waals surface area contributed by atoms with E-state index in [0.29, 0.717) is 0 Å². The van der Waals surface area contributed by atoms with Gasteiger partial charge in [-0.1, -0.05) is 30.5 Å². The number of aliphatic hydroxyl groups excluding tert-OH is 1. The number of methoxy groups -OCH3 is 1. The van der Waals surface area contributed by atoms with Crippen LogP contribution < -0.4 is 5.32 Å². The third kappa shape index (κ3) is 2.68. The normalized spacial score (nSPS) is 28.1. The molecule has 2 rings (SSSR count). The summed E-state index contributed by atoms with van der Waals surface area (Å²) in [7, 11) is 1.73. The minimum Gasteiger partial charge on any atom is -0.394 e. The van der Waals surface area contributed by atoms with Crippen LogP contribution in [-0.4, -0.2) is 30.5 Å². The van der Waals surface area contributed by atoms with Crippen molar-refractivity contribution < 1.29 is 9.84 Å². The van der Waals surface area contributed by atoms with Crippen LogP contribution in [0.3, 0.4) is 0 Å². The molecule has 3 nitrogen and oxygen atoms in total. The molecule has 0 amide bonds. The molecule has 0 aliphatic heterocycles. The van der Waals surface area contributed by atoms with Crippen LogP contribution in [-0.2, 0) is 4.74 Å². The van der Waals surface area contributed by atoms with Crippen LogP contribution in [0.15, 0.2) is 24.3 Å². The molecule has 18 heavy (non-hydrogen) atoms. The summed E-state index contributed by atoms with van der Waals surface area (Å²) >= 11 is 0. The maximum Gasteiger partial charge on any atom is 0.0865 e. The summed E-state index contributed by atoms with van der Waals surface area (Å²) in [6, 6.07) is 8.29. The third-order valence-electron chi connectivity index (χ3n) is 3.97. The van der Waals surface area contributed by atoms with E-state index in [0.717, 1.165) is 24.9 Å². The second-order valence-corrected chi connectivity index (χ2v) is 5.28. The maximum absolute atomic E-state index is 9.82. The zero-order chi connectivity index (χ0) is 13.0. The molecule has 2 atom stereocenters. The van der Waals surface area contributed by atoms with Crippen LogP contribution >= 0.6 is 0 Å². The zero-order valence-corrected chi connectivity index (χ0v) is 11.3. The molecular formula is C15H23NO2. The van der Waals surface area contributed by atoms with Crippen molar-refractivity contribution in [2.45, 2.75) is 44.2 Å². The molecule has 2 N–H and O–H groups in total. The number of hydrogen-bond acceptors (Lipinski definition) is 3. The van der Waals surface area contributed by atoms with E-state index in [-0.39, 0.29) is 18.2 Å². The summed E-state index contributed by atoms with van der Waals surface area (Å²) in [5, 5.41) is 13.3. The van der Waals surface area contributed by atoms with Crippen LogP contribution in [0.2, 0.25) is 0 Å². The fourth-order valence-electron chi connectivity index (χ4n) is 2.84. The van der Waals surface area contributed by atoms with E-state index in [1.165, 1.54) is 12.0 Å². The molecule has 0 saturated heterocycles. The number of rotatable bonds is 4. The lowest BCUT2D eigenvalue weighted by Gasteiger charge is -2.43. The minimum atomic E-state index is -0.331. The Morgan fingerprint density at radius 1 is 1.33 bits per heavy atom. The molecule has 3 heteroatoms. The molecule has 2 unspecified atom stereocenters. The first-order valence-electron chi connectivity index (χ1n) is 6.69. The topological polar surface area (TPSA) is 41.5 Å². The van der Waals surface area contributed by atoms with E-state index in [9.17, 15) is 5.11 Å². The van der Waals surface area contributed by atoms with Crippen molar-refractivity contribution in [2.75, 3.05) is 19.0 Å².